The molecule has 0 spiro atoms. The number of carbonyl (C=O) groups excluding carboxylic acids is 1. The summed E-state index contributed by atoms with van der Waals surface area (Å²) < 4.78 is 0. The Bertz CT molecular complexity index is 810. The Balaban J connectivity index is 1.59. The third kappa shape index (κ3) is 4.64. The van der Waals surface area contributed by atoms with Crippen LogP contribution in [0.1, 0.15) is 19.8 Å². The van der Waals surface area contributed by atoms with Gasteiger partial charge in [0.25, 0.3) is 0 Å². The SMILES string of the molecule is CC(C(=O)Nc1cccc2ccccc12)N1CCC(N(C)CC(=O)O)CC1. The molecule has 2 aromatic carbocycles. The monoisotopic (exact) mass is 369 g/mol. The Morgan fingerprint density at radius 1 is 1.19 bits per heavy atom. The molecule has 1 unspecified atom stereocenters. The summed E-state index contributed by atoms with van der Waals surface area (Å²) in [6, 6.07) is 14.0. The van der Waals surface area contributed by atoms with Crippen molar-refractivity contribution in [2.24, 2.45) is 0 Å². The Morgan fingerprint density at radius 2 is 1.85 bits per heavy atom. The summed E-state index contributed by atoms with van der Waals surface area (Å²) in [5, 5.41) is 14.1. The van der Waals surface area contributed by atoms with Gasteiger partial charge in [-0.05, 0) is 38.3 Å². The topological polar surface area (TPSA) is 72.9 Å². The number of carbonyl (C=O) groups is 2. The van der Waals surface area contributed by atoms with E-state index in [2.05, 4.69) is 10.2 Å². The molecule has 1 heterocycles. The number of rotatable bonds is 6. The molecule has 1 atom stereocenters. The number of anilines is 1. The van der Waals surface area contributed by atoms with Gasteiger partial charge in [-0.15, -0.1) is 0 Å². The van der Waals surface area contributed by atoms with E-state index in [4.69, 9.17) is 5.11 Å². The van der Waals surface area contributed by atoms with Gasteiger partial charge in [0.2, 0.25) is 5.91 Å². The van der Waals surface area contributed by atoms with Crippen molar-refractivity contribution in [3.05, 3.63) is 42.5 Å². The fourth-order valence-electron chi connectivity index (χ4n) is 3.79. The molecule has 1 amide bonds. The van der Waals surface area contributed by atoms with Gasteiger partial charge in [-0.25, -0.2) is 0 Å². The van der Waals surface area contributed by atoms with Gasteiger partial charge in [-0.3, -0.25) is 19.4 Å². The zero-order valence-corrected chi connectivity index (χ0v) is 15.9. The van der Waals surface area contributed by atoms with E-state index in [9.17, 15) is 9.59 Å². The molecule has 1 aliphatic rings. The highest BCUT2D eigenvalue weighted by atomic mass is 16.4. The number of carboxylic acids is 1. The number of piperidine rings is 1. The molecule has 1 fully saturated rings. The number of amides is 1. The lowest BCUT2D eigenvalue weighted by Gasteiger charge is -2.38. The first-order valence-corrected chi connectivity index (χ1v) is 9.40. The molecule has 0 bridgehead atoms. The van der Waals surface area contributed by atoms with Crippen LogP contribution in [-0.4, -0.2) is 65.5 Å². The fourth-order valence-corrected chi connectivity index (χ4v) is 3.79. The summed E-state index contributed by atoms with van der Waals surface area (Å²) in [5.74, 6) is -0.813. The largest absolute Gasteiger partial charge is 0.480 e. The Labute approximate surface area is 159 Å². The van der Waals surface area contributed by atoms with Gasteiger partial charge < -0.3 is 10.4 Å². The van der Waals surface area contributed by atoms with Crippen LogP contribution in [0.3, 0.4) is 0 Å². The average molecular weight is 369 g/mol. The maximum atomic E-state index is 12.8. The van der Waals surface area contributed by atoms with E-state index in [1.807, 2.05) is 61.3 Å². The smallest absolute Gasteiger partial charge is 0.317 e. The molecule has 1 aliphatic heterocycles. The second-order valence-electron chi connectivity index (χ2n) is 7.27. The van der Waals surface area contributed by atoms with Gasteiger partial charge >= 0.3 is 5.97 Å². The molecule has 144 valence electrons. The molecule has 27 heavy (non-hydrogen) atoms. The molecule has 6 nitrogen and oxygen atoms in total. The highest BCUT2D eigenvalue weighted by Gasteiger charge is 2.28. The normalized spacial score (nSPS) is 17.1. The van der Waals surface area contributed by atoms with Crippen LogP contribution >= 0.6 is 0 Å². The lowest BCUT2D eigenvalue weighted by atomic mass is 10.0. The number of aliphatic carboxylic acids is 1. The van der Waals surface area contributed by atoms with Crippen LogP contribution in [0.4, 0.5) is 5.69 Å². The van der Waals surface area contributed by atoms with Crippen LogP contribution in [0.15, 0.2) is 42.5 Å². The van der Waals surface area contributed by atoms with Gasteiger partial charge in [0.1, 0.15) is 0 Å². The number of nitrogens with zero attached hydrogens (tertiary/aromatic N) is 2. The van der Waals surface area contributed by atoms with Crippen molar-refractivity contribution in [2.75, 3.05) is 32.0 Å². The van der Waals surface area contributed by atoms with Crippen molar-refractivity contribution in [1.82, 2.24) is 9.80 Å². The van der Waals surface area contributed by atoms with Crippen LogP contribution in [-0.2, 0) is 9.59 Å². The zero-order valence-electron chi connectivity index (χ0n) is 15.9. The highest BCUT2D eigenvalue weighted by molar-refractivity contribution is 6.03. The molecule has 1 saturated heterocycles. The third-order valence-electron chi connectivity index (χ3n) is 5.48. The van der Waals surface area contributed by atoms with E-state index in [1.165, 1.54) is 0 Å². The lowest BCUT2D eigenvalue weighted by Crippen LogP contribution is -2.50. The summed E-state index contributed by atoms with van der Waals surface area (Å²) in [6.07, 6.45) is 1.74. The number of hydrogen-bond donors (Lipinski definition) is 2. The number of nitrogens with one attached hydrogen (secondary N) is 1. The van der Waals surface area contributed by atoms with Crippen LogP contribution in [0.25, 0.3) is 10.8 Å². The van der Waals surface area contributed by atoms with E-state index in [0.29, 0.717) is 0 Å². The Hall–Kier alpha value is -2.44. The third-order valence-corrected chi connectivity index (χ3v) is 5.48. The van der Waals surface area contributed by atoms with Crippen LogP contribution < -0.4 is 5.32 Å². The molecule has 0 aliphatic carbocycles. The van der Waals surface area contributed by atoms with Crippen molar-refractivity contribution < 1.29 is 14.7 Å². The minimum atomic E-state index is -0.803. The predicted molar refractivity (Wildman–Crippen MR) is 107 cm³/mol. The fraction of sp³-hybridized carbons (Fsp3) is 0.429. The van der Waals surface area contributed by atoms with Crippen molar-refractivity contribution in [1.29, 1.82) is 0 Å². The van der Waals surface area contributed by atoms with E-state index in [-0.39, 0.29) is 24.5 Å². The Kier molecular flexibility index (Phi) is 6.08. The standard InChI is InChI=1S/C21H27N3O3/c1-15(24-12-10-17(11-13-24)23(2)14-20(25)26)21(27)22-19-9-5-7-16-6-3-4-8-18(16)19/h3-9,15,17H,10-14H2,1-2H3,(H,22,27)(H,25,26). The van der Waals surface area contributed by atoms with E-state index in [1.54, 1.807) is 0 Å². The minimum absolute atomic E-state index is 0.0105. The zero-order chi connectivity index (χ0) is 19.4. The van der Waals surface area contributed by atoms with Crippen molar-refractivity contribution >= 4 is 28.3 Å². The van der Waals surface area contributed by atoms with Crippen molar-refractivity contribution in [3.63, 3.8) is 0 Å². The maximum Gasteiger partial charge on any atom is 0.317 e. The van der Waals surface area contributed by atoms with E-state index in [0.717, 1.165) is 42.4 Å². The molecule has 0 aromatic heterocycles. The van der Waals surface area contributed by atoms with Gasteiger partial charge in [0.05, 0.1) is 12.6 Å². The van der Waals surface area contributed by atoms with Crippen molar-refractivity contribution in [2.45, 2.75) is 31.8 Å². The predicted octanol–water partition coefficient (Wildman–Crippen LogP) is 2.65. The second kappa shape index (κ2) is 8.50. The summed E-state index contributed by atoms with van der Waals surface area (Å²) in [6.45, 7) is 3.57. The molecule has 0 radical (unpaired) electrons. The van der Waals surface area contributed by atoms with Crippen LogP contribution in [0.2, 0.25) is 0 Å². The van der Waals surface area contributed by atoms with Gasteiger partial charge in [-0.2, -0.15) is 0 Å². The number of likely N-dealkylation sites (tertiary alicyclic amines) is 1. The Morgan fingerprint density at radius 3 is 2.56 bits per heavy atom. The van der Waals surface area contributed by atoms with E-state index >= 15 is 0 Å². The first kappa shape index (κ1) is 19.3. The first-order valence-electron chi connectivity index (χ1n) is 9.40. The number of fused-ring (bicyclic) bond motifs is 1. The van der Waals surface area contributed by atoms with Gasteiger partial charge in [-0.1, -0.05) is 36.4 Å². The molecular weight excluding hydrogens is 342 g/mol. The van der Waals surface area contributed by atoms with Crippen LogP contribution in [0, 0.1) is 0 Å². The summed E-state index contributed by atoms with van der Waals surface area (Å²) >= 11 is 0. The minimum Gasteiger partial charge on any atom is -0.480 e. The second-order valence-corrected chi connectivity index (χ2v) is 7.27. The first-order chi connectivity index (χ1) is 13.0. The summed E-state index contributed by atoms with van der Waals surface area (Å²) in [4.78, 5) is 27.7. The lowest BCUT2D eigenvalue weighted by molar-refractivity contribution is -0.138. The average Bonchev–Trinajstić information content (AvgIpc) is 2.67. The molecule has 3 rings (SSSR count). The molecule has 0 saturated carbocycles. The number of carboxylic acid groups (broad SMARTS) is 1. The number of benzene rings is 2. The molecule has 2 aromatic rings. The van der Waals surface area contributed by atoms with Gasteiger partial charge in [0, 0.05) is 30.2 Å². The summed E-state index contributed by atoms with van der Waals surface area (Å²) in [5.41, 5.74) is 0.834. The van der Waals surface area contributed by atoms with Crippen LogP contribution in [0.5, 0.6) is 0 Å². The summed E-state index contributed by atoms with van der Waals surface area (Å²) in [7, 11) is 1.85. The van der Waals surface area contributed by atoms with Crippen molar-refractivity contribution in [3.8, 4) is 0 Å². The molecular formula is C21H27N3O3. The maximum absolute atomic E-state index is 12.8. The molecule has 2 N–H and O–H groups in total. The van der Waals surface area contributed by atoms with E-state index < -0.39 is 5.97 Å². The number of hydrogen-bond acceptors (Lipinski definition) is 4. The number of likely N-dealkylation sites (N-methyl/N-ethyl adjacent to an activating group) is 1. The van der Waals surface area contributed by atoms with Gasteiger partial charge in [0.15, 0.2) is 0 Å². The highest BCUT2D eigenvalue weighted by Crippen LogP contribution is 2.24. The molecule has 6 heteroatoms. The quantitative estimate of drug-likeness (QED) is 0.819.